The molecule has 0 bridgehead atoms. The summed E-state index contributed by atoms with van der Waals surface area (Å²) in [5.74, 6) is 0.127. The molecule has 3 rings (SSSR count). The van der Waals surface area contributed by atoms with E-state index in [-0.39, 0.29) is 39.7 Å². The van der Waals surface area contributed by atoms with Crippen molar-refractivity contribution < 1.29 is 27.5 Å². The number of hydrogen-bond donors (Lipinski definition) is 1. The van der Waals surface area contributed by atoms with Crippen LogP contribution in [0, 0.1) is 12.8 Å². The van der Waals surface area contributed by atoms with Gasteiger partial charge < -0.3 is 19.7 Å². The molecule has 42 heavy (non-hydrogen) atoms. The molecule has 0 heterocycles. The number of sulfonamides is 1. The van der Waals surface area contributed by atoms with Crippen LogP contribution in [-0.2, 0) is 26.2 Å². The third-order valence-corrected chi connectivity index (χ3v) is 8.67. The van der Waals surface area contributed by atoms with E-state index in [0.717, 1.165) is 15.4 Å². The lowest BCUT2D eigenvalue weighted by Gasteiger charge is -2.32. The van der Waals surface area contributed by atoms with Crippen LogP contribution in [-0.4, -0.2) is 58.5 Å². The van der Waals surface area contributed by atoms with E-state index >= 15 is 0 Å². The van der Waals surface area contributed by atoms with Crippen molar-refractivity contribution in [2.45, 2.75) is 45.2 Å². The Balaban J connectivity index is 2.07. The van der Waals surface area contributed by atoms with E-state index in [1.165, 1.54) is 36.3 Å². The summed E-state index contributed by atoms with van der Waals surface area (Å²) < 4.78 is 39.8. The highest BCUT2D eigenvalue weighted by Crippen LogP contribution is 2.35. The van der Waals surface area contributed by atoms with Crippen LogP contribution in [0.4, 0.5) is 5.69 Å². The Morgan fingerprint density at radius 2 is 1.57 bits per heavy atom. The Labute approximate surface area is 253 Å². The minimum Gasteiger partial charge on any atom is -0.497 e. The fourth-order valence-electron chi connectivity index (χ4n) is 4.17. The molecule has 0 aromatic heterocycles. The van der Waals surface area contributed by atoms with Crippen molar-refractivity contribution in [3.8, 4) is 11.5 Å². The van der Waals surface area contributed by atoms with E-state index < -0.39 is 28.5 Å². The lowest BCUT2D eigenvalue weighted by Crippen LogP contribution is -2.51. The normalized spacial score (nSPS) is 12.0. The standard InChI is InChI=1S/C31H38ClN3O6S/c1-21(2)18-33-31(37)23(4)34(19-24-9-12-26(40-5)13-10-24)30(36)20-35(28-17-25(32)11-16-29(28)41-6)42(38,39)27-14-7-22(3)8-15-27/h7-17,21,23H,18-20H2,1-6H3,(H,33,37). The van der Waals surface area contributed by atoms with E-state index in [1.807, 2.05) is 20.8 Å². The molecule has 0 saturated carbocycles. The smallest absolute Gasteiger partial charge is 0.264 e. The molecule has 0 radical (unpaired) electrons. The average molecular weight is 616 g/mol. The largest absolute Gasteiger partial charge is 0.497 e. The van der Waals surface area contributed by atoms with Crippen LogP contribution in [0.25, 0.3) is 0 Å². The first-order valence-corrected chi connectivity index (χ1v) is 15.3. The summed E-state index contributed by atoms with van der Waals surface area (Å²) in [5.41, 5.74) is 1.71. The molecule has 0 aliphatic heterocycles. The maximum absolute atomic E-state index is 14.1. The molecule has 3 aromatic carbocycles. The predicted molar refractivity (Wildman–Crippen MR) is 165 cm³/mol. The van der Waals surface area contributed by atoms with Gasteiger partial charge in [-0.15, -0.1) is 0 Å². The SMILES string of the molecule is COc1ccc(CN(C(=O)CN(c2cc(Cl)ccc2OC)S(=O)(=O)c2ccc(C)cc2)C(C)C(=O)NCC(C)C)cc1. The van der Waals surface area contributed by atoms with E-state index in [9.17, 15) is 18.0 Å². The van der Waals surface area contributed by atoms with Crippen molar-refractivity contribution in [3.63, 3.8) is 0 Å². The Kier molecular flexibility index (Phi) is 11.2. The summed E-state index contributed by atoms with van der Waals surface area (Å²) in [6, 6.07) is 17.1. The molecule has 3 aromatic rings. The Morgan fingerprint density at radius 3 is 2.14 bits per heavy atom. The second-order valence-electron chi connectivity index (χ2n) is 10.3. The van der Waals surface area contributed by atoms with Crippen LogP contribution in [0.5, 0.6) is 11.5 Å². The predicted octanol–water partition coefficient (Wildman–Crippen LogP) is 5.05. The molecule has 1 atom stereocenters. The quantitative estimate of drug-likeness (QED) is 0.289. The molecular weight excluding hydrogens is 578 g/mol. The van der Waals surface area contributed by atoms with Crippen molar-refractivity contribution in [3.05, 3.63) is 82.9 Å². The van der Waals surface area contributed by atoms with Gasteiger partial charge in [0.25, 0.3) is 10.0 Å². The number of amides is 2. The van der Waals surface area contributed by atoms with Gasteiger partial charge in [0, 0.05) is 18.1 Å². The van der Waals surface area contributed by atoms with Gasteiger partial charge in [-0.3, -0.25) is 13.9 Å². The number of rotatable bonds is 13. The van der Waals surface area contributed by atoms with Crippen LogP contribution in [0.1, 0.15) is 31.9 Å². The third-order valence-electron chi connectivity index (χ3n) is 6.66. The first-order chi connectivity index (χ1) is 19.9. The van der Waals surface area contributed by atoms with Gasteiger partial charge in [0.05, 0.1) is 24.8 Å². The topological polar surface area (TPSA) is 105 Å². The van der Waals surface area contributed by atoms with Crippen molar-refractivity contribution >= 4 is 39.1 Å². The molecule has 0 aliphatic rings. The van der Waals surface area contributed by atoms with Crippen molar-refractivity contribution in [2.75, 3.05) is 31.6 Å². The first kappa shape index (κ1) is 32.8. The highest BCUT2D eigenvalue weighted by atomic mass is 35.5. The number of benzene rings is 3. The van der Waals surface area contributed by atoms with E-state index in [2.05, 4.69) is 5.32 Å². The molecule has 9 nitrogen and oxygen atoms in total. The van der Waals surface area contributed by atoms with Gasteiger partial charge in [0.2, 0.25) is 11.8 Å². The molecule has 0 saturated heterocycles. The Bertz CT molecular complexity index is 1480. The number of aryl methyl sites for hydroxylation is 1. The molecule has 2 amide bonds. The van der Waals surface area contributed by atoms with E-state index in [4.69, 9.17) is 21.1 Å². The zero-order valence-electron chi connectivity index (χ0n) is 24.8. The van der Waals surface area contributed by atoms with Crippen molar-refractivity contribution in [1.82, 2.24) is 10.2 Å². The van der Waals surface area contributed by atoms with Crippen LogP contribution < -0.4 is 19.1 Å². The summed E-state index contributed by atoms with van der Waals surface area (Å²) in [6.45, 7) is 7.29. The average Bonchev–Trinajstić information content (AvgIpc) is 2.97. The summed E-state index contributed by atoms with van der Waals surface area (Å²) in [5, 5.41) is 3.13. The number of methoxy groups -OCH3 is 2. The molecule has 1 N–H and O–H groups in total. The minimum atomic E-state index is -4.27. The lowest BCUT2D eigenvalue weighted by atomic mass is 10.1. The number of nitrogens with one attached hydrogen (secondary N) is 1. The summed E-state index contributed by atoms with van der Waals surface area (Å²) in [7, 11) is -1.31. The van der Waals surface area contributed by atoms with Gasteiger partial charge in [0.15, 0.2) is 0 Å². The lowest BCUT2D eigenvalue weighted by molar-refractivity contribution is -0.139. The minimum absolute atomic E-state index is 0.00708. The highest BCUT2D eigenvalue weighted by Gasteiger charge is 2.34. The van der Waals surface area contributed by atoms with Crippen LogP contribution in [0.15, 0.2) is 71.6 Å². The van der Waals surface area contributed by atoms with Crippen molar-refractivity contribution in [1.29, 1.82) is 0 Å². The number of anilines is 1. The van der Waals surface area contributed by atoms with Gasteiger partial charge in [-0.05, 0) is 67.8 Å². The van der Waals surface area contributed by atoms with E-state index in [0.29, 0.717) is 12.3 Å². The molecule has 0 spiro atoms. The summed E-state index contributed by atoms with van der Waals surface area (Å²) >= 11 is 6.28. The number of carbonyl (C=O) groups is 2. The number of carbonyl (C=O) groups excluding carboxylic acids is 2. The maximum atomic E-state index is 14.1. The number of halogens is 1. The highest BCUT2D eigenvalue weighted by molar-refractivity contribution is 7.92. The second-order valence-corrected chi connectivity index (χ2v) is 12.6. The molecule has 11 heteroatoms. The third kappa shape index (κ3) is 8.17. The van der Waals surface area contributed by atoms with Gasteiger partial charge in [-0.1, -0.05) is 55.3 Å². The zero-order valence-corrected chi connectivity index (χ0v) is 26.3. The fraction of sp³-hybridized carbons (Fsp3) is 0.355. The monoisotopic (exact) mass is 615 g/mol. The molecule has 226 valence electrons. The summed E-state index contributed by atoms with van der Waals surface area (Å²) in [6.07, 6.45) is 0. The Hall–Kier alpha value is -3.76. The molecular formula is C31H38ClN3O6S. The molecule has 0 aliphatic carbocycles. The maximum Gasteiger partial charge on any atom is 0.264 e. The number of hydrogen-bond acceptors (Lipinski definition) is 6. The Morgan fingerprint density at radius 1 is 0.929 bits per heavy atom. The van der Waals surface area contributed by atoms with E-state index in [1.54, 1.807) is 56.5 Å². The van der Waals surface area contributed by atoms with Gasteiger partial charge >= 0.3 is 0 Å². The van der Waals surface area contributed by atoms with Gasteiger partial charge in [-0.2, -0.15) is 0 Å². The number of ether oxygens (including phenoxy) is 2. The molecule has 0 fully saturated rings. The van der Waals surface area contributed by atoms with Crippen LogP contribution in [0.3, 0.4) is 0 Å². The second kappa shape index (κ2) is 14.4. The summed E-state index contributed by atoms with van der Waals surface area (Å²) in [4.78, 5) is 28.6. The van der Waals surface area contributed by atoms with Crippen molar-refractivity contribution in [2.24, 2.45) is 5.92 Å². The van der Waals surface area contributed by atoms with Gasteiger partial charge in [-0.25, -0.2) is 8.42 Å². The number of nitrogens with zero attached hydrogens (tertiary/aromatic N) is 2. The van der Waals surface area contributed by atoms with Crippen LogP contribution >= 0.6 is 11.6 Å². The zero-order chi connectivity index (χ0) is 31.0. The van der Waals surface area contributed by atoms with Crippen LogP contribution in [0.2, 0.25) is 5.02 Å². The van der Waals surface area contributed by atoms with Gasteiger partial charge in [0.1, 0.15) is 24.1 Å². The first-order valence-electron chi connectivity index (χ1n) is 13.5. The fourth-order valence-corrected chi connectivity index (χ4v) is 5.75. The molecule has 1 unspecified atom stereocenters.